The Morgan fingerprint density at radius 2 is 1.88 bits per heavy atom. The molecule has 49 heavy (non-hydrogen) atoms. The third-order valence-electron chi connectivity index (χ3n) is 9.09. The van der Waals surface area contributed by atoms with Crippen molar-refractivity contribution in [2.45, 2.75) is 44.9 Å². The summed E-state index contributed by atoms with van der Waals surface area (Å²) < 4.78 is 35.2. The number of nitrogens with zero attached hydrogens (tertiary/aromatic N) is 7. The van der Waals surface area contributed by atoms with Crippen molar-refractivity contribution in [3.8, 4) is 17.0 Å². The fourth-order valence-electron chi connectivity index (χ4n) is 6.43. The van der Waals surface area contributed by atoms with Crippen LogP contribution in [0.4, 0.5) is 14.5 Å². The minimum Gasteiger partial charge on any atom is -0.434 e. The predicted molar refractivity (Wildman–Crippen MR) is 182 cm³/mol. The molecule has 0 saturated carbocycles. The third-order valence-corrected chi connectivity index (χ3v) is 9.33. The van der Waals surface area contributed by atoms with Crippen LogP contribution in [-0.4, -0.2) is 92.0 Å². The zero-order chi connectivity index (χ0) is 34.5. The van der Waals surface area contributed by atoms with Crippen molar-refractivity contribution in [2.75, 3.05) is 39.0 Å². The highest BCUT2D eigenvalue weighted by Gasteiger charge is 2.33. The highest BCUT2D eigenvalue weighted by Crippen LogP contribution is 2.37. The summed E-state index contributed by atoms with van der Waals surface area (Å²) in [6.45, 7) is -0.952. The molecule has 0 radical (unpaired) electrons. The third kappa shape index (κ3) is 8.06. The van der Waals surface area contributed by atoms with E-state index in [-0.39, 0.29) is 45.7 Å². The Balaban J connectivity index is 1.17. The van der Waals surface area contributed by atoms with Gasteiger partial charge in [0, 0.05) is 61.5 Å². The molecule has 5 aromatic rings. The molecule has 1 aliphatic rings. The molecular formula is C35H38ClF2N8O3+. The summed E-state index contributed by atoms with van der Waals surface area (Å²) in [5, 5.41) is 11.8. The van der Waals surface area contributed by atoms with Gasteiger partial charge in [-0.1, -0.05) is 41.9 Å². The summed E-state index contributed by atoms with van der Waals surface area (Å²) in [5.74, 6) is -0.872. The van der Waals surface area contributed by atoms with Gasteiger partial charge in [-0.2, -0.15) is 19.0 Å². The Morgan fingerprint density at radius 1 is 1.10 bits per heavy atom. The topological polar surface area (TPSA) is 107 Å². The molecule has 3 aromatic heterocycles. The molecule has 256 valence electrons. The number of anilines is 1. The lowest BCUT2D eigenvalue weighted by atomic mass is 10.0. The molecule has 0 bridgehead atoms. The fraction of sp³-hybridized carbons (Fsp3) is 0.343. The number of hydrogen-bond donors (Lipinski definition) is 1. The van der Waals surface area contributed by atoms with Crippen LogP contribution in [0.15, 0.2) is 79.4 Å². The second kappa shape index (κ2) is 14.7. The highest BCUT2D eigenvalue weighted by atomic mass is 35.5. The molecule has 0 spiro atoms. The molecule has 6 rings (SSSR count). The number of benzene rings is 2. The first-order valence-electron chi connectivity index (χ1n) is 16.1. The number of rotatable bonds is 12. The van der Waals surface area contributed by atoms with Crippen LogP contribution in [0.1, 0.15) is 35.2 Å². The number of alkyl halides is 2. The van der Waals surface area contributed by atoms with Gasteiger partial charge in [0.2, 0.25) is 5.91 Å². The second-order valence-corrected chi connectivity index (χ2v) is 13.1. The molecule has 0 aliphatic carbocycles. The van der Waals surface area contributed by atoms with Crippen LogP contribution in [0.3, 0.4) is 0 Å². The average molecular weight is 692 g/mol. The van der Waals surface area contributed by atoms with Crippen LogP contribution in [0.2, 0.25) is 5.02 Å². The van der Waals surface area contributed by atoms with Crippen molar-refractivity contribution in [3.05, 3.63) is 95.5 Å². The maximum Gasteiger partial charge on any atom is 0.387 e. The number of aromatic nitrogens is 5. The van der Waals surface area contributed by atoms with E-state index in [4.69, 9.17) is 16.3 Å². The average Bonchev–Trinajstić information content (AvgIpc) is 3.70. The smallest absolute Gasteiger partial charge is 0.387 e. The Hall–Kier alpha value is -4.88. The molecule has 14 heteroatoms. The summed E-state index contributed by atoms with van der Waals surface area (Å²) >= 11 is 6.25. The summed E-state index contributed by atoms with van der Waals surface area (Å²) in [4.78, 5) is 33.0. The lowest BCUT2D eigenvalue weighted by Crippen LogP contribution is -2.55. The van der Waals surface area contributed by atoms with E-state index in [2.05, 4.69) is 58.9 Å². The Kier molecular flexibility index (Phi) is 10.2. The first-order valence-corrected chi connectivity index (χ1v) is 16.5. The molecular weight excluding hydrogens is 654 g/mol. The summed E-state index contributed by atoms with van der Waals surface area (Å²) in [6.07, 6.45) is 9.94. The Morgan fingerprint density at radius 3 is 2.63 bits per heavy atom. The van der Waals surface area contributed by atoms with Crippen molar-refractivity contribution >= 4 is 34.7 Å². The van der Waals surface area contributed by atoms with Gasteiger partial charge in [-0.25, -0.2) is 9.50 Å². The van der Waals surface area contributed by atoms with Gasteiger partial charge in [-0.3, -0.25) is 14.3 Å². The Bertz CT molecular complexity index is 1920. The number of quaternary nitrogens is 1. The second-order valence-electron chi connectivity index (χ2n) is 12.7. The van der Waals surface area contributed by atoms with E-state index >= 15 is 0 Å². The van der Waals surface area contributed by atoms with Gasteiger partial charge < -0.3 is 19.4 Å². The summed E-state index contributed by atoms with van der Waals surface area (Å²) in [6, 6.07) is 16.8. The number of amides is 2. The van der Waals surface area contributed by atoms with Crippen LogP contribution in [0.5, 0.6) is 5.75 Å². The number of nitrogens with one attached hydrogen (secondary N) is 1. The molecule has 2 amide bonds. The molecule has 2 aromatic carbocycles. The number of carbonyl (C=O) groups excluding carboxylic acids is 2. The maximum atomic E-state index is 13.5. The molecule has 1 aliphatic heterocycles. The van der Waals surface area contributed by atoms with Crippen LogP contribution < -0.4 is 10.1 Å². The first kappa shape index (κ1) is 34.0. The minimum atomic E-state index is -3.11. The van der Waals surface area contributed by atoms with Crippen molar-refractivity contribution < 1.29 is 27.6 Å². The number of halogens is 3. The lowest BCUT2D eigenvalue weighted by molar-refractivity contribution is -0.916. The van der Waals surface area contributed by atoms with E-state index in [0.717, 1.165) is 36.7 Å². The number of carbonyl (C=O) groups is 2. The molecule has 4 heterocycles. The zero-order valence-electron chi connectivity index (χ0n) is 27.3. The summed E-state index contributed by atoms with van der Waals surface area (Å²) in [7, 11) is 4.53. The van der Waals surface area contributed by atoms with E-state index in [1.807, 2.05) is 11.0 Å². The lowest BCUT2D eigenvalue weighted by Gasteiger charge is -2.43. The standard InChI is InChI=1S/C35H37ClF2N8O3/c1-46(2,19-6-10-24-8-4-3-5-9-24)26-13-17-43(18-14-26)31(47)23-44-22-29(41-34(48)28-21-40-45-16-7-15-39-33(28)45)32(42-44)27-20-25(36)11-12-30(27)49-35(37)38/h3-5,7-9,11-12,15-16,20-22,26,35H,6,10,13-14,17-19,23H2,1-2H3/p+1. The molecule has 1 saturated heterocycles. The number of ether oxygens (including phenoxy) is 1. The van der Waals surface area contributed by atoms with Gasteiger partial charge >= 0.3 is 6.61 Å². The van der Waals surface area contributed by atoms with Crippen LogP contribution in [0.25, 0.3) is 16.9 Å². The SMILES string of the molecule is C[N+](C)(CCCc1ccccc1)C1CCN(C(=O)Cn2cc(NC(=O)c3cnn4cccnc34)c(-c3cc(Cl)ccc3OC(F)F)n2)CC1. The van der Waals surface area contributed by atoms with E-state index in [9.17, 15) is 18.4 Å². The maximum absolute atomic E-state index is 13.5. The predicted octanol–water partition coefficient (Wildman–Crippen LogP) is 5.80. The minimum absolute atomic E-state index is 0.108. The van der Waals surface area contributed by atoms with Crippen LogP contribution >= 0.6 is 11.6 Å². The number of hydrogen-bond acceptors (Lipinski definition) is 6. The summed E-state index contributed by atoms with van der Waals surface area (Å²) in [5.41, 5.74) is 2.26. The number of fused-ring (bicyclic) bond motifs is 1. The monoisotopic (exact) mass is 691 g/mol. The molecule has 0 atom stereocenters. The van der Waals surface area contributed by atoms with Crippen molar-refractivity contribution in [2.24, 2.45) is 0 Å². The quantitative estimate of drug-likeness (QED) is 0.166. The Labute approximate surface area is 287 Å². The van der Waals surface area contributed by atoms with Crippen molar-refractivity contribution in [1.29, 1.82) is 0 Å². The molecule has 1 fully saturated rings. The van der Waals surface area contributed by atoms with Gasteiger partial charge in [-0.15, -0.1) is 0 Å². The van der Waals surface area contributed by atoms with E-state index < -0.39 is 12.5 Å². The number of likely N-dealkylation sites (tertiary alicyclic amines) is 1. The van der Waals surface area contributed by atoms with E-state index in [0.29, 0.717) is 24.8 Å². The number of aryl methyl sites for hydroxylation is 1. The van der Waals surface area contributed by atoms with Gasteiger partial charge in [0.1, 0.15) is 23.6 Å². The van der Waals surface area contributed by atoms with Gasteiger partial charge in [0.05, 0.1) is 38.6 Å². The zero-order valence-corrected chi connectivity index (χ0v) is 28.1. The van der Waals surface area contributed by atoms with Crippen LogP contribution in [0, 0.1) is 0 Å². The van der Waals surface area contributed by atoms with E-state index in [1.165, 1.54) is 51.6 Å². The van der Waals surface area contributed by atoms with Crippen molar-refractivity contribution in [3.63, 3.8) is 0 Å². The molecule has 11 nitrogen and oxygen atoms in total. The highest BCUT2D eigenvalue weighted by molar-refractivity contribution is 6.31. The van der Waals surface area contributed by atoms with Gasteiger partial charge in [-0.05, 0) is 36.2 Å². The largest absolute Gasteiger partial charge is 0.434 e. The van der Waals surface area contributed by atoms with Crippen molar-refractivity contribution in [1.82, 2.24) is 29.3 Å². The van der Waals surface area contributed by atoms with E-state index in [1.54, 1.807) is 12.3 Å². The van der Waals surface area contributed by atoms with Crippen LogP contribution in [-0.2, 0) is 17.8 Å². The normalized spacial score (nSPS) is 14.0. The number of piperidine rings is 1. The van der Waals surface area contributed by atoms with Gasteiger partial charge in [0.25, 0.3) is 5.91 Å². The fourth-order valence-corrected chi connectivity index (χ4v) is 6.60. The molecule has 1 N–H and O–H groups in total. The van der Waals surface area contributed by atoms with Gasteiger partial charge in [0.15, 0.2) is 5.65 Å². The first-order chi connectivity index (χ1) is 23.6. The molecule has 0 unspecified atom stereocenters.